The van der Waals surface area contributed by atoms with E-state index >= 15 is 0 Å². The molecular formula is C31H41N3. The van der Waals surface area contributed by atoms with Gasteiger partial charge in [0, 0.05) is 18.8 Å². The molecule has 3 aliphatic rings. The second-order valence-electron chi connectivity index (χ2n) is 13.2. The number of benzene rings is 1. The Balaban J connectivity index is 1.72. The van der Waals surface area contributed by atoms with E-state index in [1.165, 1.54) is 35.2 Å². The molecule has 1 aromatic carbocycles. The molecule has 2 heterocycles. The summed E-state index contributed by atoms with van der Waals surface area (Å²) >= 11 is 0. The maximum atomic E-state index is 9.51. The van der Waals surface area contributed by atoms with Crippen LogP contribution in [0.3, 0.4) is 0 Å². The van der Waals surface area contributed by atoms with E-state index in [4.69, 9.17) is 6.57 Å². The molecule has 1 saturated carbocycles. The Hall–Kier alpha value is -2.52. The van der Waals surface area contributed by atoms with Crippen molar-refractivity contribution >= 4 is 11.8 Å². The molecule has 0 radical (unpaired) electrons. The fraction of sp³-hybridized carbons (Fsp3) is 0.613. The lowest BCUT2D eigenvalue weighted by Crippen LogP contribution is -2.44. The van der Waals surface area contributed by atoms with Gasteiger partial charge in [0.05, 0.1) is 12.6 Å². The highest BCUT2D eigenvalue weighted by Crippen LogP contribution is 2.50. The summed E-state index contributed by atoms with van der Waals surface area (Å²) in [5.74, 6) is 0.843. The molecule has 2 atom stereocenters. The smallest absolute Gasteiger partial charge is 0.261 e. The van der Waals surface area contributed by atoms with Gasteiger partial charge in [0.1, 0.15) is 0 Å². The van der Waals surface area contributed by atoms with Gasteiger partial charge in [-0.2, -0.15) is 0 Å². The van der Waals surface area contributed by atoms with E-state index in [0.29, 0.717) is 17.5 Å². The van der Waals surface area contributed by atoms with Crippen molar-refractivity contribution in [2.75, 3.05) is 18.0 Å². The lowest BCUT2D eigenvalue weighted by molar-refractivity contribution is 0.184. The van der Waals surface area contributed by atoms with E-state index in [9.17, 15) is 5.26 Å². The van der Waals surface area contributed by atoms with Gasteiger partial charge in [-0.1, -0.05) is 66.2 Å². The van der Waals surface area contributed by atoms with Crippen molar-refractivity contribution in [2.24, 2.45) is 17.3 Å². The molecule has 0 N–H and O–H groups in total. The molecule has 1 aliphatic carbocycles. The van der Waals surface area contributed by atoms with Crippen LogP contribution in [0.1, 0.15) is 97.3 Å². The summed E-state index contributed by atoms with van der Waals surface area (Å²) in [4.78, 5) is 6.18. The molecule has 2 aliphatic heterocycles. The van der Waals surface area contributed by atoms with E-state index in [1.54, 1.807) is 0 Å². The molecule has 0 saturated heterocycles. The van der Waals surface area contributed by atoms with Crippen LogP contribution in [0.4, 0.5) is 5.69 Å². The zero-order chi connectivity index (χ0) is 24.9. The van der Waals surface area contributed by atoms with Gasteiger partial charge in [-0.15, -0.1) is 0 Å². The summed E-state index contributed by atoms with van der Waals surface area (Å²) in [6.07, 6.45) is 9.91. The fourth-order valence-corrected chi connectivity index (χ4v) is 6.22. The Kier molecular flexibility index (Phi) is 6.23. The molecule has 0 spiro atoms. The van der Waals surface area contributed by atoms with Crippen LogP contribution in [0, 0.1) is 35.2 Å². The topological polar surface area (TPSA) is 31.4 Å². The molecule has 34 heavy (non-hydrogen) atoms. The predicted octanol–water partition coefficient (Wildman–Crippen LogP) is 8.03. The van der Waals surface area contributed by atoms with Crippen LogP contribution in [0.2, 0.25) is 0 Å². The summed E-state index contributed by atoms with van der Waals surface area (Å²) in [5.41, 5.74) is 7.70. The molecule has 3 heteroatoms. The Morgan fingerprint density at radius 3 is 2.18 bits per heavy atom. The minimum atomic E-state index is 0.161. The quantitative estimate of drug-likeness (QED) is 0.334. The standard InChI is InChI=1S/C31H41N3/c1-29(2,3)24-16-21(15-23(19-24)27(20-32)33-8)9-10-22-17-25-28-26(18-22)31(6,7)12-14-34(28)13-11-30(25,4)5/h9-10,17-18,21,24H,11-16,19H2,1-7H3/b10-9+,27-23-. The molecule has 2 unspecified atom stereocenters. The van der Waals surface area contributed by atoms with Gasteiger partial charge in [0.25, 0.3) is 5.70 Å². The molecule has 1 fully saturated rings. The summed E-state index contributed by atoms with van der Waals surface area (Å²) in [7, 11) is 0. The molecule has 0 aromatic heterocycles. The first-order chi connectivity index (χ1) is 15.9. The highest BCUT2D eigenvalue weighted by molar-refractivity contribution is 5.71. The normalized spacial score (nSPS) is 27.0. The lowest BCUT2D eigenvalue weighted by Gasteiger charge is -2.48. The van der Waals surface area contributed by atoms with Gasteiger partial charge in [-0.05, 0) is 89.0 Å². The Bertz CT molecular complexity index is 1050. The molecule has 4 rings (SSSR count). The first-order valence-electron chi connectivity index (χ1n) is 13.0. The zero-order valence-electron chi connectivity index (χ0n) is 22.3. The van der Waals surface area contributed by atoms with Crippen LogP contribution in [-0.4, -0.2) is 13.1 Å². The maximum absolute atomic E-state index is 9.51. The van der Waals surface area contributed by atoms with E-state index < -0.39 is 0 Å². The highest BCUT2D eigenvalue weighted by Gasteiger charge is 2.40. The third-order valence-corrected chi connectivity index (χ3v) is 8.85. The van der Waals surface area contributed by atoms with Crippen LogP contribution >= 0.6 is 0 Å². The van der Waals surface area contributed by atoms with Crippen molar-refractivity contribution in [1.29, 1.82) is 5.26 Å². The van der Waals surface area contributed by atoms with Crippen LogP contribution in [0.15, 0.2) is 29.5 Å². The number of anilines is 1. The summed E-state index contributed by atoms with van der Waals surface area (Å²) in [6.45, 7) is 26.2. The van der Waals surface area contributed by atoms with E-state index in [2.05, 4.69) is 88.6 Å². The molecule has 0 amide bonds. The largest absolute Gasteiger partial charge is 0.371 e. The van der Waals surface area contributed by atoms with Gasteiger partial charge in [-0.3, -0.25) is 0 Å². The second-order valence-corrected chi connectivity index (χ2v) is 13.2. The van der Waals surface area contributed by atoms with Crippen molar-refractivity contribution in [2.45, 2.75) is 91.4 Å². The Morgan fingerprint density at radius 1 is 1.09 bits per heavy atom. The minimum absolute atomic E-state index is 0.161. The highest BCUT2D eigenvalue weighted by atomic mass is 15.2. The summed E-state index contributed by atoms with van der Waals surface area (Å²) in [5, 5.41) is 9.51. The third kappa shape index (κ3) is 4.55. The van der Waals surface area contributed by atoms with Gasteiger partial charge in [0.2, 0.25) is 0 Å². The third-order valence-electron chi connectivity index (χ3n) is 8.85. The average Bonchev–Trinajstić information content (AvgIpc) is 2.76. The zero-order valence-corrected chi connectivity index (χ0v) is 22.3. The molecular weight excluding hydrogens is 414 g/mol. The fourth-order valence-electron chi connectivity index (χ4n) is 6.22. The maximum Gasteiger partial charge on any atom is 0.261 e. The Morgan fingerprint density at radius 2 is 1.68 bits per heavy atom. The lowest BCUT2D eigenvalue weighted by atomic mass is 9.67. The van der Waals surface area contributed by atoms with Crippen molar-refractivity contribution in [1.82, 2.24) is 0 Å². The van der Waals surface area contributed by atoms with Gasteiger partial charge < -0.3 is 4.90 Å². The molecule has 180 valence electrons. The minimum Gasteiger partial charge on any atom is -0.371 e. The predicted molar refractivity (Wildman–Crippen MR) is 143 cm³/mol. The van der Waals surface area contributed by atoms with Crippen LogP contribution in [0.25, 0.3) is 10.9 Å². The average molecular weight is 456 g/mol. The van der Waals surface area contributed by atoms with Crippen molar-refractivity contribution in [3.8, 4) is 6.07 Å². The molecule has 0 bridgehead atoms. The van der Waals surface area contributed by atoms with Crippen molar-refractivity contribution < 1.29 is 0 Å². The monoisotopic (exact) mass is 455 g/mol. The van der Waals surface area contributed by atoms with Crippen LogP contribution in [0.5, 0.6) is 0 Å². The number of hydrogen-bond donors (Lipinski definition) is 0. The first kappa shape index (κ1) is 24.6. The van der Waals surface area contributed by atoms with Crippen molar-refractivity contribution in [3.05, 3.63) is 57.6 Å². The number of nitrogens with zero attached hydrogens (tertiary/aromatic N) is 3. The number of rotatable bonds is 2. The molecule has 3 nitrogen and oxygen atoms in total. The van der Waals surface area contributed by atoms with Crippen LogP contribution in [-0.2, 0) is 10.8 Å². The Labute approximate surface area is 207 Å². The van der Waals surface area contributed by atoms with Crippen molar-refractivity contribution in [3.63, 3.8) is 0 Å². The van der Waals surface area contributed by atoms with Gasteiger partial charge in [-0.25, -0.2) is 10.1 Å². The van der Waals surface area contributed by atoms with E-state index in [-0.39, 0.29) is 16.2 Å². The number of hydrogen-bond acceptors (Lipinski definition) is 2. The first-order valence-corrected chi connectivity index (χ1v) is 13.0. The summed E-state index contributed by atoms with van der Waals surface area (Å²) < 4.78 is 0. The SMILES string of the molecule is [C-]#[N+]/C(C#N)=C1/CC(/C=C/c2cc3c4c(c2)C(C)(C)CCN4CCC3(C)C)CC(C(C)(C)C)C1. The van der Waals surface area contributed by atoms with E-state index in [1.807, 2.05) is 0 Å². The van der Waals surface area contributed by atoms with Gasteiger partial charge in [0.15, 0.2) is 0 Å². The summed E-state index contributed by atoms with van der Waals surface area (Å²) in [6, 6.07) is 7.03. The number of allylic oxidation sites excluding steroid dienone is 3. The van der Waals surface area contributed by atoms with Crippen LogP contribution < -0.4 is 4.90 Å². The molecule has 1 aromatic rings. The second kappa shape index (κ2) is 8.61. The van der Waals surface area contributed by atoms with Gasteiger partial charge >= 0.3 is 0 Å². The van der Waals surface area contributed by atoms with E-state index in [0.717, 1.165) is 37.9 Å². The number of nitriles is 1.